The number of benzene rings is 1. The Morgan fingerprint density at radius 3 is 2.46 bits per heavy atom. The summed E-state index contributed by atoms with van der Waals surface area (Å²) < 4.78 is 2.83. The minimum absolute atomic E-state index is 0.429. The second kappa shape index (κ2) is 3.33. The summed E-state index contributed by atoms with van der Waals surface area (Å²) in [7, 11) is 0. The summed E-state index contributed by atoms with van der Waals surface area (Å²) in [5.74, 6) is 0.429. The van der Waals surface area contributed by atoms with Crippen LogP contribution in [0.15, 0.2) is 30.5 Å². The van der Waals surface area contributed by atoms with Crippen LogP contribution < -0.4 is 5.73 Å². The monoisotopic (exact) mass is 286 g/mol. The first kappa shape index (κ1) is 8.49. The molecule has 0 radical (unpaired) electrons. The molecule has 2 N–H and O–H groups in total. The first-order valence-electron chi connectivity index (χ1n) is 3.69. The largest absolute Gasteiger partial charge is 0.381 e. The summed E-state index contributed by atoms with van der Waals surface area (Å²) in [6.07, 6.45) is 1.68. The van der Waals surface area contributed by atoms with Gasteiger partial charge < -0.3 is 5.73 Å². The molecule has 2 rings (SSSR count). The smallest absolute Gasteiger partial charge is 0.166 e. The molecule has 13 heavy (non-hydrogen) atoms. The zero-order chi connectivity index (χ0) is 9.26. The maximum absolute atomic E-state index is 5.45. The highest BCUT2D eigenvalue weighted by atomic mass is 127. The standard InChI is InChI=1S/C8H7IN4/c9-6-1-3-7(4-2-6)13-5-8(10)11-12-13/h1-5H,10H2. The number of hydrogen-bond donors (Lipinski definition) is 1. The van der Waals surface area contributed by atoms with E-state index in [9.17, 15) is 0 Å². The molecule has 5 heteroatoms. The predicted molar refractivity (Wildman–Crippen MR) is 58.5 cm³/mol. The molecule has 0 saturated heterocycles. The minimum atomic E-state index is 0.429. The average molecular weight is 286 g/mol. The van der Waals surface area contributed by atoms with Gasteiger partial charge in [-0.25, -0.2) is 4.68 Å². The van der Waals surface area contributed by atoms with E-state index in [2.05, 4.69) is 32.9 Å². The molecule has 0 saturated carbocycles. The number of rotatable bonds is 1. The van der Waals surface area contributed by atoms with E-state index in [1.54, 1.807) is 10.9 Å². The highest BCUT2D eigenvalue weighted by molar-refractivity contribution is 14.1. The Bertz CT molecular complexity index is 406. The molecule has 0 spiro atoms. The molecule has 1 heterocycles. The molecule has 4 nitrogen and oxygen atoms in total. The first-order valence-corrected chi connectivity index (χ1v) is 4.77. The number of aromatic nitrogens is 3. The van der Waals surface area contributed by atoms with Crippen LogP contribution in [0.1, 0.15) is 0 Å². The fraction of sp³-hybridized carbons (Fsp3) is 0. The lowest BCUT2D eigenvalue weighted by molar-refractivity contribution is 0.804. The Kier molecular flexibility index (Phi) is 2.17. The Hall–Kier alpha value is -1.11. The Morgan fingerprint density at radius 1 is 1.23 bits per heavy atom. The lowest BCUT2D eigenvalue weighted by Crippen LogP contribution is -1.94. The van der Waals surface area contributed by atoms with Crippen LogP contribution in [0.4, 0.5) is 5.82 Å². The van der Waals surface area contributed by atoms with Crippen molar-refractivity contribution in [1.82, 2.24) is 15.0 Å². The van der Waals surface area contributed by atoms with E-state index >= 15 is 0 Å². The third-order valence-corrected chi connectivity index (χ3v) is 2.32. The summed E-state index contributed by atoms with van der Waals surface area (Å²) in [5.41, 5.74) is 6.41. The molecule has 0 fully saturated rings. The number of anilines is 1. The summed E-state index contributed by atoms with van der Waals surface area (Å²) in [4.78, 5) is 0. The zero-order valence-corrected chi connectivity index (χ0v) is 8.84. The van der Waals surface area contributed by atoms with Gasteiger partial charge in [0.25, 0.3) is 0 Å². The molecule has 0 aliphatic heterocycles. The van der Waals surface area contributed by atoms with Crippen LogP contribution in [0.2, 0.25) is 0 Å². The third-order valence-electron chi connectivity index (χ3n) is 1.60. The summed E-state index contributed by atoms with van der Waals surface area (Å²) >= 11 is 2.25. The van der Waals surface area contributed by atoms with Crippen molar-refractivity contribution in [2.75, 3.05) is 5.73 Å². The normalized spacial score (nSPS) is 10.2. The third kappa shape index (κ3) is 1.80. The Balaban J connectivity index is 2.41. The molecule has 0 unspecified atom stereocenters. The lowest BCUT2D eigenvalue weighted by Gasteiger charge is -1.98. The second-order valence-corrected chi connectivity index (χ2v) is 3.81. The molecule has 0 amide bonds. The highest BCUT2D eigenvalue weighted by Gasteiger charge is 1.98. The van der Waals surface area contributed by atoms with Gasteiger partial charge in [-0.1, -0.05) is 5.21 Å². The quantitative estimate of drug-likeness (QED) is 0.807. The number of nitrogens with zero attached hydrogens (tertiary/aromatic N) is 3. The predicted octanol–water partition coefficient (Wildman–Crippen LogP) is 1.45. The maximum Gasteiger partial charge on any atom is 0.166 e. The number of nitrogen functional groups attached to an aromatic ring is 1. The number of halogens is 1. The summed E-state index contributed by atoms with van der Waals surface area (Å²) in [6, 6.07) is 7.95. The fourth-order valence-electron chi connectivity index (χ4n) is 0.997. The zero-order valence-electron chi connectivity index (χ0n) is 6.68. The van der Waals surface area contributed by atoms with E-state index in [0.29, 0.717) is 5.82 Å². The van der Waals surface area contributed by atoms with Crippen LogP contribution >= 0.6 is 22.6 Å². The van der Waals surface area contributed by atoms with Crippen molar-refractivity contribution in [3.8, 4) is 5.69 Å². The lowest BCUT2D eigenvalue weighted by atomic mass is 10.3. The summed E-state index contributed by atoms with van der Waals surface area (Å²) in [6.45, 7) is 0. The minimum Gasteiger partial charge on any atom is -0.381 e. The molecule has 1 aromatic heterocycles. The molecule has 0 bridgehead atoms. The molecule has 66 valence electrons. The Labute approximate surface area is 88.9 Å². The SMILES string of the molecule is Nc1cn(-c2ccc(I)cc2)nn1. The van der Waals surface area contributed by atoms with Crippen LogP contribution in [0.5, 0.6) is 0 Å². The van der Waals surface area contributed by atoms with Gasteiger partial charge >= 0.3 is 0 Å². The maximum atomic E-state index is 5.45. The van der Waals surface area contributed by atoms with Gasteiger partial charge in [-0.3, -0.25) is 0 Å². The van der Waals surface area contributed by atoms with E-state index in [0.717, 1.165) is 5.69 Å². The van der Waals surface area contributed by atoms with E-state index < -0.39 is 0 Å². The van der Waals surface area contributed by atoms with Crippen LogP contribution in [0.25, 0.3) is 5.69 Å². The summed E-state index contributed by atoms with van der Waals surface area (Å²) in [5, 5.41) is 7.56. The first-order chi connectivity index (χ1) is 6.25. The van der Waals surface area contributed by atoms with Gasteiger partial charge in [-0.15, -0.1) is 5.10 Å². The molecular weight excluding hydrogens is 279 g/mol. The Morgan fingerprint density at radius 2 is 1.92 bits per heavy atom. The van der Waals surface area contributed by atoms with Gasteiger partial charge in [0.2, 0.25) is 0 Å². The van der Waals surface area contributed by atoms with Gasteiger partial charge in [-0.05, 0) is 46.9 Å². The van der Waals surface area contributed by atoms with E-state index in [1.165, 1.54) is 3.57 Å². The van der Waals surface area contributed by atoms with Crippen LogP contribution in [-0.4, -0.2) is 15.0 Å². The average Bonchev–Trinajstić information content (AvgIpc) is 2.53. The van der Waals surface area contributed by atoms with Crippen molar-refractivity contribution < 1.29 is 0 Å². The van der Waals surface area contributed by atoms with E-state index in [4.69, 9.17) is 5.73 Å². The molecular formula is C8H7IN4. The van der Waals surface area contributed by atoms with Gasteiger partial charge in [0.1, 0.15) is 0 Å². The van der Waals surface area contributed by atoms with E-state index in [-0.39, 0.29) is 0 Å². The van der Waals surface area contributed by atoms with Gasteiger partial charge in [0.05, 0.1) is 11.9 Å². The van der Waals surface area contributed by atoms with Crippen molar-refractivity contribution in [3.63, 3.8) is 0 Å². The molecule has 2 aromatic rings. The fourth-order valence-corrected chi connectivity index (χ4v) is 1.36. The van der Waals surface area contributed by atoms with Crippen LogP contribution in [0, 0.1) is 3.57 Å². The van der Waals surface area contributed by atoms with Crippen molar-refractivity contribution in [3.05, 3.63) is 34.0 Å². The second-order valence-electron chi connectivity index (χ2n) is 2.56. The molecule has 0 aliphatic rings. The van der Waals surface area contributed by atoms with Crippen molar-refractivity contribution >= 4 is 28.4 Å². The van der Waals surface area contributed by atoms with Gasteiger partial charge in [0.15, 0.2) is 5.82 Å². The van der Waals surface area contributed by atoms with Crippen molar-refractivity contribution in [1.29, 1.82) is 0 Å². The molecule has 0 atom stereocenters. The van der Waals surface area contributed by atoms with Crippen LogP contribution in [-0.2, 0) is 0 Å². The van der Waals surface area contributed by atoms with E-state index in [1.807, 2.05) is 24.3 Å². The van der Waals surface area contributed by atoms with Crippen LogP contribution in [0.3, 0.4) is 0 Å². The molecule has 1 aromatic carbocycles. The highest BCUT2D eigenvalue weighted by Crippen LogP contribution is 2.10. The van der Waals surface area contributed by atoms with Gasteiger partial charge in [0, 0.05) is 3.57 Å². The van der Waals surface area contributed by atoms with Crippen molar-refractivity contribution in [2.45, 2.75) is 0 Å². The van der Waals surface area contributed by atoms with Gasteiger partial charge in [-0.2, -0.15) is 0 Å². The number of hydrogen-bond acceptors (Lipinski definition) is 3. The molecule has 0 aliphatic carbocycles. The topological polar surface area (TPSA) is 56.7 Å². The number of nitrogens with two attached hydrogens (primary N) is 1. The van der Waals surface area contributed by atoms with Crippen molar-refractivity contribution in [2.24, 2.45) is 0 Å².